The summed E-state index contributed by atoms with van der Waals surface area (Å²) in [5, 5.41) is 17.9. The number of hydrogen-bond donors (Lipinski definition) is 2. The smallest absolute Gasteiger partial charge is 0.273 e. The van der Waals surface area contributed by atoms with Crippen molar-refractivity contribution in [3.8, 4) is 28.5 Å². The first kappa shape index (κ1) is 23.5. The fourth-order valence-corrected chi connectivity index (χ4v) is 4.66. The number of carbonyl (C=O) groups excluding carboxylic acids is 1. The monoisotopic (exact) mass is 483 g/mol. The number of rotatable bonds is 9. The van der Waals surface area contributed by atoms with Crippen molar-refractivity contribution >= 4 is 5.91 Å². The number of carbonyl (C=O) groups is 1. The van der Waals surface area contributed by atoms with Gasteiger partial charge in [-0.25, -0.2) is 0 Å². The number of aromatic amines is 1. The molecule has 0 radical (unpaired) electrons. The third-order valence-electron chi connectivity index (χ3n) is 6.49. The van der Waals surface area contributed by atoms with E-state index in [1.807, 2.05) is 65.6 Å². The Balaban J connectivity index is 1.52. The van der Waals surface area contributed by atoms with Crippen LogP contribution in [0.15, 0.2) is 72.8 Å². The van der Waals surface area contributed by atoms with Crippen molar-refractivity contribution in [2.24, 2.45) is 0 Å². The number of benzene rings is 3. The van der Waals surface area contributed by atoms with Gasteiger partial charge in [-0.3, -0.25) is 9.89 Å². The molecule has 0 fully saturated rings. The lowest BCUT2D eigenvalue weighted by Crippen LogP contribution is -2.31. The number of aromatic nitrogens is 2. The maximum absolute atomic E-state index is 13.6. The van der Waals surface area contributed by atoms with Crippen molar-refractivity contribution in [1.29, 1.82) is 0 Å². The second-order valence-corrected chi connectivity index (χ2v) is 8.79. The summed E-state index contributed by atoms with van der Waals surface area (Å²) < 4.78 is 11.0. The lowest BCUT2D eigenvalue weighted by Gasteiger charge is -2.26. The second-order valence-electron chi connectivity index (χ2n) is 8.79. The van der Waals surface area contributed by atoms with Gasteiger partial charge >= 0.3 is 0 Å². The molecule has 7 nitrogen and oxygen atoms in total. The molecule has 36 heavy (non-hydrogen) atoms. The Morgan fingerprint density at radius 1 is 1.00 bits per heavy atom. The van der Waals surface area contributed by atoms with Crippen molar-refractivity contribution in [1.82, 2.24) is 15.1 Å². The van der Waals surface area contributed by atoms with E-state index in [1.54, 1.807) is 19.2 Å². The number of hydrogen-bond acceptors (Lipinski definition) is 5. The Morgan fingerprint density at radius 3 is 2.42 bits per heavy atom. The molecule has 1 amide bonds. The molecule has 0 saturated heterocycles. The van der Waals surface area contributed by atoms with Gasteiger partial charge in [0.2, 0.25) is 0 Å². The molecule has 2 heterocycles. The molecule has 1 aliphatic rings. The van der Waals surface area contributed by atoms with E-state index < -0.39 is 0 Å². The summed E-state index contributed by atoms with van der Waals surface area (Å²) in [6.07, 6.45) is 1.62. The molecule has 0 spiro atoms. The molecule has 0 saturated carbocycles. The van der Waals surface area contributed by atoms with Crippen molar-refractivity contribution in [2.75, 3.05) is 20.3 Å². The molecule has 0 bridgehead atoms. The van der Waals surface area contributed by atoms with Crippen LogP contribution in [0.4, 0.5) is 0 Å². The summed E-state index contributed by atoms with van der Waals surface area (Å²) in [6, 6.07) is 22.5. The maximum atomic E-state index is 13.6. The zero-order chi connectivity index (χ0) is 25.1. The molecular weight excluding hydrogens is 454 g/mol. The highest BCUT2D eigenvalue weighted by Gasteiger charge is 2.42. The molecule has 1 aliphatic heterocycles. The number of ether oxygens (including phenoxy) is 2. The Kier molecular flexibility index (Phi) is 6.62. The Bertz CT molecular complexity index is 1350. The van der Waals surface area contributed by atoms with Gasteiger partial charge in [0.25, 0.3) is 5.91 Å². The van der Waals surface area contributed by atoms with E-state index in [1.165, 1.54) is 0 Å². The minimum Gasteiger partial charge on any atom is -0.507 e. The van der Waals surface area contributed by atoms with E-state index in [0.717, 1.165) is 34.6 Å². The van der Waals surface area contributed by atoms with Crippen LogP contribution < -0.4 is 9.47 Å². The normalized spacial score (nSPS) is 14.7. The molecular formula is C29H29N3O4. The number of amides is 1. The van der Waals surface area contributed by atoms with Crippen LogP contribution in [0, 0.1) is 0 Å². The number of aromatic hydroxyl groups is 1. The van der Waals surface area contributed by atoms with Crippen LogP contribution in [-0.2, 0) is 6.42 Å². The first-order valence-electron chi connectivity index (χ1n) is 12.1. The van der Waals surface area contributed by atoms with E-state index in [9.17, 15) is 9.90 Å². The summed E-state index contributed by atoms with van der Waals surface area (Å²) >= 11 is 0. The fraction of sp³-hybridized carbons (Fsp3) is 0.241. The fourth-order valence-electron chi connectivity index (χ4n) is 4.66. The van der Waals surface area contributed by atoms with Crippen molar-refractivity contribution in [2.45, 2.75) is 25.8 Å². The van der Waals surface area contributed by atoms with Crippen LogP contribution in [0.3, 0.4) is 0 Å². The van der Waals surface area contributed by atoms with Crippen molar-refractivity contribution < 1.29 is 19.4 Å². The molecule has 2 N–H and O–H groups in total. The quantitative estimate of drug-likeness (QED) is 0.334. The molecule has 4 aromatic rings. The largest absolute Gasteiger partial charge is 0.507 e. The average Bonchev–Trinajstić information content (AvgIpc) is 3.46. The highest BCUT2D eigenvalue weighted by molar-refractivity contribution is 6.00. The molecule has 1 atom stereocenters. The average molecular weight is 484 g/mol. The summed E-state index contributed by atoms with van der Waals surface area (Å²) in [5.74, 6) is 1.61. The van der Waals surface area contributed by atoms with E-state index in [4.69, 9.17) is 9.47 Å². The van der Waals surface area contributed by atoms with E-state index in [-0.39, 0.29) is 17.7 Å². The first-order chi connectivity index (χ1) is 17.6. The molecule has 7 heteroatoms. The van der Waals surface area contributed by atoms with Gasteiger partial charge in [0.1, 0.15) is 28.6 Å². The Morgan fingerprint density at radius 2 is 1.72 bits per heavy atom. The first-order valence-corrected chi connectivity index (χ1v) is 12.1. The van der Waals surface area contributed by atoms with Crippen molar-refractivity contribution in [3.05, 3.63) is 95.2 Å². The third-order valence-corrected chi connectivity index (χ3v) is 6.49. The standard InChI is InChI=1S/C29H29N3O4/c1-3-18-36-22-14-10-20(11-15-22)28-25-26(23-6-4-5-7-24(23)33)30-31-27(25)29(34)32(28)17-16-19-8-12-21(35-2)13-9-19/h4-15,28,33H,3,16-18H2,1-2H3,(H,30,31)/t28-/m0/s1. The molecule has 0 unspecified atom stereocenters. The van der Waals surface area contributed by atoms with E-state index >= 15 is 0 Å². The highest BCUT2D eigenvalue weighted by atomic mass is 16.5. The Labute approximate surface area is 210 Å². The predicted octanol–water partition coefficient (Wildman–Crippen LogP) is 5.37. The zero-order valence-corrected chi connectivity index (χ0v) is 20.4. The molecule has 1 aromatic heterocycles. The topological polar surface area (TPSA) is 87.7 Å². The SMILES string of the molecule is CCCOc1ccc([C@H]2c3c(-c4ccccc4O)n[nH]c3C(=O)N2CCc2ccc(OC)cc2)cc1. The van der Waals surface area contributed by atoms with Gasteiger partial charge in [-0.15, -0.1) is 0 Å². The molecule has 5 rings (SSSR count). The number of fused-ring (bicyclic) bond motifs is 1. The van der Waals surface area contributed by atoms with Crippen LogP contribution in [0.2, 0.25) is 0 Å². The van der Waals surface area contributed by atoms with Crippen LogP contribution in [0.25, 0.3) is 11.3 Å². The van der Waals surface area contributed by atoms with Gasteiger partial charge in [0.15, 0.2) is 0 Å². The zero-order valence-electron chi connectivity index (χ0n) is 20.4. The molecule has 3 aromatic carbocycles. The summed E-state index contributed by atoms with van der Waals surface area (Å²) in [5.41, 5.74) is 4.48. The summed E-state index contributed by atoms with van der Waals surface area (Å²) in [7, 11) is 1.64. The van der Waals surface area contributed by atoms with Crippen LogP contribution in [0.1, 0.15) is 46.6 Å². The number of H-pyrrole nitrogens is 1. The number of nitrogens with zero attached hydrogens (tertiary/aromatic N) is 2. The van der Waals surface area contributed by atoms with Gasteiger partial charge in [-0.1, -0.05) is 43.3 Å². The number of phenolic OH excluding ortho intramolecular Hbond substituents is 1. The lowest BCUT2D eigenvalue weighted by atomic mass is 9.95. The number of methoxy groups -OCH3 is 1. The number of phenols is 1. The lowest BCUT2D eigenvalue weighted by molar-refractivity contribution is 0.0746. The van der Waals surface area contributed by atoms with Crippen molar-refractivity contribution in [3.63, 3.8) is 0 Å². The maximum Gasteiger partial charge on any atom is 0.273 e. The van der Waals surface area contributed by atoms with Gasteiger partial charge < -0.3 is 19.5 Å². The summed E-state index contributed by atoms with van der Waals surface area (Å²) in [4.78, 5) is 15.5. The predicted molar refractivity (Wildman–Crippen MR) is 137 cm³/mol. The second kappa shape index (κ2) is 10.2. The third kappa shape index (κ3) is 4.40. The van der Waals surface area contributed by atoms with Crippen LogP contribution in [-0.4, -0.2) is 46.4 Å². The highest BCUT2D eigenvalue weighted by Crippen LogP contribution is 2.44. The van der Waals surface area contributed by atoms with E-state index in [0.29, 0.717) is 36.5 Å². The number of para-hydroxylation sites is 1. The van der Waals surface area contributed by atoms with Gasteiger partial charge in [-0.05, 0) is 60.4 Å². The van der Waals surface area contributed by atoms with Gasteiger partial charge in [-0.2, -0.15) is 5.10 Å². The van der Waals surface area contributed by atoms with Crippen LogP contribution >= 0.6 is 0 Å². The Hall–Kier alpha value is -4.26. The number of nitrogens with one attached hydrogen (secondary N) is 1. The molecule has 0 aliphatic carbocycles. The summed E-state index contributed by atoms with van der Waals surface area (Å²) in [6.45, 7) is 3.24. The minimum atomic E-state index is -0.348. The van der Waals surface area contributed by atoms with E-state index in [2.05, 4.69) is 17.1 Å². The molecule has 184 valence electrons. The van der Waals surface area contributed by atoms with Gasteiger partial charge in [0.05, 0.1) is 19.8 Å². The minimum absolute atomic E-state index is 0.107. The van der Waals surface area contributed by atoms with Crippen LogP contribution in [0.5, 0.6) is 17.2 Å². The van der Waals surface area contributed by atoms with Gasteiger partial charge in [0, 0.05) is 17.7 Å².